The van der Waals surface area contributed by atoms with E-state index in [0.717, 1.165) is 12.8 Å². The molecule has 2 N–H and O–H groups in total. The summed E-state index contributed by atoms with van der Waals surface area (Å²) in [6, 6.07) is 3.05. The van der Waals surface area contributed by atoms with Crippen molar-refractivity contribution in [2.45, 2.75) is 37.3 Å². The van der Waals surface area contributed by atoms with Crippen molar-refractivity contribution in [1.29, 1.82) is 0 Å². The van der Waals surface area contributed by atoms with Crippen LogP contribution in [0.5, 0.6) is 0 Å². The molecule has 18 heavy (non-hydrogen) atoms. The molecule has 1 aliphatic carbocycles. The average Bonchev–Trinajstić information content (AvgIpc) is 2.82. The summed E-state index contributed by atoms with van der Waals surface area (Å²) < 4.78 is 15.5. The van der Waals surface area contributed by atoms with Crippen LogP contribution in [0.25, 0.3) is 0 Å². The zero-order valence-electron chi connectivity index (χ0n) is 10.8. The number of esters is 1. The Balaban J connectivity index is 2.02. The van der Waals surface area contributed by atoms with E-state index in [-0.39, 0.29) is 17.4 Å². The van der Waals surface area contributed by atoms with Crippen LogP contribution in [0.2, 0.25) is 0 Å². The monoisotopic (exact) mass is 253 g/mol. The average molecular weight is 253 g/mol. The van der Waals surface area contributed by atoms with Gasteiger partial charge in [-0.25, -0.2) is 4.79 Å². The first kappa shape index (κ1) is 13.1. The predicted octanol–water partition coefficient (Wildman–Crippen LogP) is 2.03. The maximum atomic E-state index is 11.3. The number of carbonyl (C=O) groups excluding carboxylic acids is 1. The number of rotatable bonds is 5. The first-order valence-corrected chi connectivity index (χ1v) is 6.09. The molecule has 1 aromatic heterocycles. The van der Waals surface area contributed by atoms with Crippen LogP contribution in [0, 0.1) is 0 Å². The quantitative estimate of drug-likeness (QED) is 0.812. The van der Waals surface area contributed by atoms with E-state index in [9.17, 15) is 4.79 Å². The number of hydrogen-bond donors (Lipinski definition) is 1. The molecular weight excluding hydrogens is 234 g/mol. The van der Waals surface area contributed by atoms with E-state index in [1.54, 1.807) is 19.2 Å². The molecule has 1 atom stereocenters. The zero-order chi connectivity index (χ0) is 13.2. The van der Waals surface area contributed by atoms with Gasteiger partial charge in [0.1, 0.15) is 5.76 Å². The summed E-state index contributed by atoms with van der Waals surface area (Å²) in [4.78, 5) is 11.3. The topological polar surface area (TPSA) is 74.7 Å². The number of methoxy groups -OCH3 is 2. The molecule has 5 nitrogen and oxygen atoms in total. The lowest BCUT2D eigenvalue weighted by Gasteiger charge is -2.41. The minimum absolute atomic E-state index is 0.113. The third-order valence-corrected chi connectivity index (χ3v) is 3.67. The summed E-state index contributed by atoms with van der Waals surface area (Å²) in [7, 11) is 3.03. The molecule has 5 heteroatoms. The van der Waals surface area contributed by atoms with E-state index < -0.39 is 5.97 Å². The molecule has 0 radical (unpaired) electrons. The van der Waals surface area contributed by atoms with Crippen LogP contribution in [0.15, 0.2) is 16.5 Å². The second-order valence-corrected chi connectivity index (χ2v) is 4.74. The van der Waals surface area contributed by atoms with Gasteiger partial charge in [-0.05, 0) is 37.8 Å². The second-order valence-electron chi connectivity index (χ2n) is 4.74. The normalized spacial score (nSPS) is 19.1. The van der Waals surface area contributed by atoms with E-state index in [1.165, 1.54) is 13.5 Å². The van der Waals surface area contributed by atoms with Gasteiger partial charge < -0.3 is 19.6 Å². The maximum Gasteiger partial charge on any atom is 0.373 e. The highest BCUT2D eigenvalue weighted by Crippen LogP contribution is 2.41. The molecule has 0 amide bonds. The van der Waals surface area contributed by atoms with Gasteiger partial charge in [-0.1, -0.05) is 0 Å². The summed E-state index contributed by atoms with van der Waals surface area (Å²) in [5.41, 5.74) is 5.98. The molecule has 0 bridgehead atoms. The highest BCUT2D eigenvalue weighted by Gasteiger charge is 2.39. The summed E-state index contributed by atoms with van der Waals surface area (Å²) in [5.74, 6) is 0.292. The molecule has 1 aromatic rings. The van der Waals surface area contributed by atoms with Crippen LogP contribution in [0.4, 0.5) is 0 Å². The van der Waals surface area contributed by atoms with Crippen LogP contribution in [-0.4, -0.2) is 25.8 Å². The van der Waals surface area contributed by atoms with Crippen LogP contribution >= 0.6 is 0 Å². The second kappa shape index (κ2) is 5.12. The maximum absolute atomic E-state index is 11.3. The van der Waals surface area contributed by atoms with Crippen LogP contribution in [-0.2, 0) is 9.47 Å². The molecule has 1 saturated carbocycles. The Morgan fingerprint density at radius 2 is 2.22 bits per heavy atom. The van der Waals surface area contributed by atoms with Gasteiger partial charge in [0.2, 0.25) is 5.76 Å². The van der Waals surface area contributed by atoms with Crippen molar-refractivity contribution in [3.05, 3.63) is 23.7 Å². The van der Waals surface area contributed by atoms with E-state index >= 15 is 0 Å². The lowest BCUT2D eigenvalue weighted by atomic mass is 9.75. The summed E-state index contributed by atoms with van der Waals surface area (Å²) in [5, 5.41) is 0. The Bertz CT molecular complexity index is 417. The number of nitrogens with two attached hydrogens (primary N) is 1. The van der Waals surface area contributed by atoms with Gasteiger partial charge in [-0.2, -0.15) is 0 Å². The van der Waals surface area contributed by atoms with Gasteiger partial charge >= 0.3 is 5.97 Å². The highest BCUT2D eigenvalue weighted by molar-refractivity contribution is 5.86. The largest absolute Gasteiger partial charge is 0.463 e. The van der Waals surface area contributed by atoms with Gasteiger partial charge in [0, 0.05) is 7.11 Å². The van der Waals surface area contributed by atoms with E-state index in [4.69, 9.17) is 14.9 Å². The van der Waals surface area contributed by atoms with Crippen molar-refractivity contribution in [3.8, 4) is 0 Å². The smallest absolute Gasteiger partial charge is 0.373 e. The Kier molecular flexibility index (Phi) is 3.73. The molecule has 1 unspecified atom stereocenters. The third-order valence-electron chi connectivity index (χ3n) is 3.67. The molecule has 0 aromatic carbocycles. The number of carbonyl (C=O) groups is 1. The number of hydrogen-bond acceptors (Lipinski definition) is 5. The predicted molar refractivity (Wildman–Crippen MR) is 65.2 cm³/mol. The van der Waals surface area contributed by atoms with Crippen LogP contribution in [0.3, 0.4) is 0 Å². The molecule has 0 saturated heterocycles. The molecular formula is C13H19NO4. The standard InChI is InChI=1S/C13H19NO4/c1-16-12(15)11-5-4-10(18-11)9(14)8-13(17-2)6-3-7-13/h4-5,9H,3,6-8,14H2,1-2H3. The minimum Gasteiger partial charge on any atom is -0.463 e. The lowest BCUT2D eigenvalue weighted by Crippen LogP contribution is -2.41. The number of ether oxygens (including phenoxy) is 2. The van der Waals surface area contributed by atoms with Gasteiger partial charge in [0.15, 0.2) is 0 Å². The molecule has 1 fully saturated rings. The highest BCUT2D eigenvalue weighted by atomic mass is 16.5. The fraction of sp³-hybridized carbons (Fsp3) is 0.615. The Labute approximate surface area is 106 Å². The van der Waals surface area contributed by atoms with Crippen LogP contribution in [0.1, 0.15) is 48.0 Å². The van der Waals surface area contributed by atoms with E-state index in [2.05, 4.69) is 4.74 Å². The van der Waals surface area contributed by atoms with Gasteiger partial charge in [-0.15, -0.1) is 0 Å². The minimum atomic E-state index is -0.487. The summed E-state index contributed by atoms with van der Waals surface area (Å²) >= 11 is 0. The molecule has 1 aliphatic rings. The van der Waals surface area contributed by atoms with Crippen molar-refractivity contribution in [2.24, 2.45) is 5.73 Å². The molecule has 0 aliphatic heterocycles. The zero-order valence-corrected chi connectivity index (χ0v) is 10.8. The fourth-order valence-corrected chi connectivity index (χ4v) is 2.33. The van der Waals surface area contributed by atoms with Gasteiger partial charge in [0.25, 0.3) is 0 Å². The summed E-state index contributed by atoms with van der Waals surface area (Å²) in [6.45, 7) is 0. The Hall–Kier alpha value is -1.33. The fourth-order valence-electron chi connectivity index (χ4n) is 2.33. The van der Waals surface area contributed by atoms with Gasteiger partial charge in [-0.3, -0.25) is 0 Å². The molecule has 1 heterocycles. The Morgan fingerprint density at radius 3 is 2.72 bits per heavy atom. The lowest BCUT2D eigenvalue weighted by molar-refractivity contribution is -0.0826. The number of furan rings is 1. The van der Waals surface area contributed by atoms with Gasteiger partial charge in [0.05, 0.1) is 18.8 Å². The molecule has 100 valence electrons. The molecule has 0 spiro atoms. The first-order valence-electron chi connectivity index (χ1n) is 6.09. The Morgan fingerprint density at radius 1 is 1.50 bits per heavy atom. The van der Waals surface area contributed by atoms with Crippen molar-refractivity contribution in [3.63, 3.8) is 0 Å². The van der Waals surface area contributed by atoms with Crippen molar-refractivity contribution >= 4 is 5.97 Å². The summed E-state index contributed by atoms with van der Waals surface area (Å²) in [6.07, 6.45) is 3.94. The SMILES string of the molecule is COC(=O)c1ccc(C(N)CC2(OC)CCC2)o1. The first-order chi connectivity index (χ1) is 8.60. The van der Waals surface area contributed by atoms with E-state index in [0.29, 0.717) is 12.2 Å². The van der Waals surface area contributed by atoms with Crippen molar-refractivity contribution < 1.29 is 18.7 Å². The van der Waals surface area contributed by atoms with E-state index in [1.807, 2.05) is 0 Å². The third kappa shape index (κ3) is 2.42. The van der Waals surface area contributed by atoms with Crippen molar-refractivity contribution in [2.75, 3.05) is 14.2 Å². The van der Waals surface area contributed by atoms with Crippen molar-refractivity contribution in [1.82, 2.24) is 0 Å². The molecule has 2 rings (SSSR count). The van der Waals surface area contributed by atoms with Crippen LogP contribution < -0.4 is 5.73 Å².